The van der Waals surface area contributed by atoms with Crippen LogP contribution >= 0.6 is 0 Å². The molecule has 8 heteroatoms. The molecule has 8 nitrogen and oxygen atoms in total. The SMILES string of the molecule is CC(C)C(Nc1ccc(C(=O)O)c([N+](=O)[O-])c1)C(N)=O. The summed E-state index contributed by atoms with van der Waals surface area (Å²) in [4.78, 5) is 32.2. The number of carboxylic acids is 1. The third-order valence-corrected chi connectivity index (χ3v) is 2.72. The Morgan fingerprint density at radius 1 is 1.40 bits per heavy atom. The van der Waals surface area contributed by atoms with Crippen LogP contribution in [0.1, 0.15) is 24.2 Å². The standard InChI is InChI=1S/C12H15N3O5/c1-6(2)10(11(13)16)14-7-3-4-8(12(17)18)9(5-7)15(19)20/h3-6,10,14H,1-2H3,(H2,13,16)(H,17,18). The van der Waals surface area contributed by atoms with E-state index in [2.05, 4.69) is 5.32 Å². The zero-order valence-corrected chi connectivity index (χ0v) is 11.0. The first kappa shape index (κ1) is 15.4. The number of nitro benzene ring substituents is 1. The van der Waals surface area contributed by atoms with Crippen molar-refractivity contribution in [3.8, 4) is 0 Å². The van der Waals surface area contributed by atoms with E-state index in [4.69, 9.17) is 10.8 Å². The van der Waals surface area contributed by atoms with E-state index >= 15 is 0 Å². The summed E-state index contributed by atoms with van der Waals surface area (Å²) in [5.74, 6) is -2.10. The quantitative estimate of drug-likeness (QED) is 0.529. The Balaban J connectivity index is 3.15. The van der Waals surface area contributed by atoms with Crippen LogP contribution in [0.2, 0.25) is 0 Å². The molecule has 0 aliphatic carbocycles. The van der Waals surface area contributed by atoms with E-state index < -0.39 is 34.1 Å². The molecule has 0 radical (unpaired) electrons. The van der Waals surface area contributed by atoms with Crippen LogP contribution in [0, 0.1) is 16.0 Å². The zero-order chi connectivity index (χ0) is 15.4. The lowest BCUT2D eigenvalue weighted by Gasteiger charge is -2.20. The predicted octanol–water partition coefficient (Wildman–Crippen LogP) is 1.21. The van der Waals surface area contributed by atoms with E-state index in [1.807, 2.05) is 0 Å². The van der Waals surface area contributed by atoms with Gasteiger partial charge in [-0.05, 0) is 18.1 Å². The van der Waals surface area contributed by atoms with Crippen LogP contribution in [-0.2, 0) is 4.79 Å². The van der Waals surface area contributed by atoms with Gasteiger partial charge in [-0.1, -0.05) is 13.8 Å². The number of nitrogens with one attached hydrogen (secondary N) is 1. The van der Waals surface area contributed by atoms with Gasteiger partial charge < -0.3 is 16.2 Å². The second kappa shape index (κ2) is 6.00. The first-order valence-electron chi connectivity index (χ1n) is 5.81. The van der Waals surface area contributed by atoms with Crippen molar-refractivity contribution in [2.45, 2.75) is 19.9 Å². The van der Waals surface area contributed by atoms with Gasteiger partial charge in [0, 0.05) is 11.8 Å². The highest BCUT2D eigenvalue weighted by molar-refractivity contribution is 5.93. The van der Waals surface area contributed by atoms with Gasteiger partial charge in [0.25, 0.3) is 5.69 Å². The lowest BCUT2D eigenvalue weighted by molar-refractivity contribution is -0.385. The maximum atomic E-state index is 11.3. The summed E-state index contributed by atoms with van der Waals surface area (Å²) in [7, 11) is 0. The number of benzene rings is 1. The molecular formula is C12H15N3O5. The normalized spacial score (nSPS) is 11.9. The maximum absolute atomic E-state index is 11.3. The molecule has 0 fully saturated rings. The van der Waals surface area contributed by atoms with Gasteiger partial charge in [0.05, 0.1) is 4.92 Å². The lowest BCUT2D eigenvalue weighted by Crippen LogP contribution is -2.39. The Kier molecular flexibility index (Phi) is 4.63. The van der Waals surface area contributed by atoms with Crippen LogP contribution in [0.5, 0.6) is 0 Å². The Hall–Kier alpha value is -2.64. The molecule has 1 atom stereocenters. The second-order valence-corrected chi connectivity index (χ2v) is 4.56. The van der Waals surface area contributed by atoms with Crippen molar-refractivity contribution in [1.29, 1.82) is 0 Å². The smallest absolute Gasteiger partial charge is 0.342 e. The van der Waals surface area contributed by atoms with Crippen LogP contribution in [0.25, 0.3) is 0 Å². The van der Waals surface area contributed by atoms with Crippen LogP contribution in [0.4, 0.5) is 11.4 Å². The Labute approximate surface area is 114 Å². The molecule has 0 saturated heterocycles. The summed E-state index contributed by atoms with van der Waals surface area (Å²) in [5, 5.41) is 22.5. The van der Waals surface area contributed by atoms with Gasteiger partial charge in [0.1, 0.15) is 11.6 Å². The van der Waals surface area contributed by atoms with Crippen molar-refractivity contribution in [2.75, 3.05) is 5.32 Å². The molecule has 4 N–H and O–H groups in total. The molecule has 0 bridgehead atoms. The highest BCUT2D eigenvalue weighted by atomic mass is 16.6. The van der Waals surface area contributed by atoms with Crippen molar-refractivity contribution in [3.05, 3.63) is 33.9 Å². The molecule has 1 amide bonds. The highest BCUT2D eigenvalue weighted by Crippen LogP contribution is 2.24. The molecule has 0 spiro atoms. The number of primary amides is 1. The van der Waals surface area contributed by atoms with E-state index in [1.54, 1.807) is 13.8 Å². The number of carbonyl (C=O) groups is 2. The molecule has 108 valence electrons. The summed E-state index contributed by atoms with van der Waals surface area (Å²) in [5.41, 5.74) is 4.53. The van der Waals surface area contributed by atoms with Gasteiger partial charge in [0.2, 0.25) is 5.91 Å². The Morgan fingerprint density at radius 2 is 2.00 bits per heavy atom. The molecule has 1 aromatic rings. The number of aromatic carboxylic acids is 1. The topological polar surface area (TPSA) is 136 Å². The minimum absolute atomic E-state index is 0.120. The number of hydrogen-bond acceptors (Lipinski definition) is 5. The number of rotatable bonds is 6. The first-order valence-corrected chi connectivity index (χ1v) is 5.81. The fraction of sp³-hybridized carbons (Fsp3) is 0.333. The third-order valence-electron chi connectivity index (χ3n) is 2.72. The summed E-state index contributed by atoms with van der Waals surface area (Å²) in [6, 6.07) is 2.84. The number of amides is 1. The van der Waals surface area contributed by atoms with Gasteiger partial charge in [0.15, 0.2) is 0 Å². The number of nitrogens with two attached hydrogens (primary N) is 1. The summed E-state index contributed by atoms with van der Waals surface area (Å²) < 4.78 is 0. The van der Waals surface area contributed by atoms with Gasteiger partial charge >= 0.3 is 5.97 Å². The molecule has 0 aliphatic rings. The monoisotopic (exact) mass is 281 g/mol. The van der Waals surface area contributed by atoms with Gasteiger partial charge in [-0.15, -0.1) is 0 Å². The van der Waals surface area contributed by atoms with Crippen LogP contribution in [0.3, 0.4) is 0 Å². The van der Waals surface area contributed by atoms with Crippen molar-refractivity contribution < 1.29 is 19.6 Å². The van der Waals surface area contributed by atoms with E-state index in [0.29, 0.717) is 0 Å². The van der Waals surface area contributed by atoms with Crippen LogP contribution < -0.4 is 11.1 Å². The molecule has 1 aromatic carbocycles. The zero-order valence-electron chi connectivity index (χ0n) is 11.0. The van der Waals surface area contributed by atoms with Crippen LogP contribution in [-0.4, -0.2) is 27.9 Å². The average Bonchev–Trinajstić information content (AvgIpc) is 2.34. The van der Waals surface area contributed by atoms with Crippen molar-refractivity contribution in [3.63, 3.8) is 0 Å². The Bertz CT molecular complexity index is 556. The molecule has 0 heterocycles. The summed E-state index contributed by atoms with van der Waals surface area (Å²) >= 11 is 0. The lowest BCUT2D eigenvalue weighted by atomic mass is 10.0. The average molecular weight is 281 g/mol. The molecule has 0 aromatic heterocycles. The van der Waals surface area contributed by atoms with Crippen molar-refractivity contribution >= 4 is 23.3 Å². The Morgan fingerprint density at radius 3 is 2.40 bits per heavy atom. The third kappa shape index (κ3) is 3.44. The number of carbonyl (C=O) groups excluding carboxylic acids is 1. The maximum Gasteiger partial charge on any atom is 0.342 e. The number of carboxylic acid groups (broad SMARTS) is 1. The van der Waals surface area contributed by atoms with E-state index in [1.165, 1.54) is 6.07 Å². The summed E-state index contributed by atoms with van der Waals surface area (Å²) in [6.45, 7) is 3.53. The molecular weight excluding hydrogens is 266 g/mol. The fourth-order valence-electron chi connectivity index (χ4n) is 1.70. The van der Waals surface area contributed by atoms with E-state index in [0.717, 1.165) is 12.1 Å². The van der Waals surface area contributed by atoms with Crippen LogP contribution in [0.15, 0.2) is 18.2 Å². The molecule has 1 rings (SSSR count). The highest BCUT2D eigenvalue weighted by Gasteiger charge is 2.23. The van der Waals surface area contributed by atoms with E-state index in [-0.39, 0.29) is 11.6 Å². The molecule has 0 aliphatic heterocycles. The van der Waals surface area contributed by atoms with Gasteiger partial charge in [-0.3, -0.25) is 14.9 Å². The fourth-order valence-corrected chi connectivity index (χ4v) is 1.70. The van der Waals surface area contributed by atoms with E-state index in [9.17, 15) is 19.7 Å². The van der Waals surface area contributed by atoms with Crippen molar-refractivity contribution in [1.82, 2.24) is 0 Å². The van der Waals surface area contributed by atoms with Gasteiger partial charge in [-0.2, -0.15) is 0 Å². The summed E-state index contributed by atoms with van der Waals surface area (Å²) in [6.07, 6.45) is 0. The minimum atomic E-state index is -1.39. The number of anilines is 1. The number of nitro groups is 1. The van der Waals surface area contributed by atoms with Gasteiger partial charge in [-0.25, -0.2) is 4.79 Å². The first-order chi connectivity index (χ1) is 9.23. The number of hydrogen-bond donors (Lipinski definition) is 3. The largest absolute Gasteiger partial charge is 0.477 e. The minimum Gasteiger partial charge on any atom is -0.477 e. The molecule has 20 heavy (non-hydrogen) atoms. The number of nitrogens with zero attached hydrogens (tertiary/aromatic N) is 1. The predicted molar refractivity (Wildman–Crippen MR) is 71.5 cm³/mol. The molecule has 1 unspecified atom stereocenters. The van der Waals surface area contributed by atoms with Crippen molar-refractivity contribution in [2.24, 2.45) is 11.7 Å². The molecule has 0 saturated carbocycles. The second-order valence-electron chi connectivity index (χ2n) is 4.56.